The Kier molecular flexibility index (Phi) is 4.34. The van der Waals surface area contributed by atoms with Gasteiger partial charge in [-0.15, -0.1) is 0 Å². The van der Waals surface area contributed by atoms with Gasteiger partial charge in [-0.1, -0.05) is 12.8 Å². The van der Waals surface area contributed by atoms with E-state index in [1.165, 1.54) is 0 Å². The molecule has 84 valence electrons. The molecule has 1 N–H and O–H groups in total. The summed E-state index contributed by atoms with van der Waals surface area (Å²) in [5.74, 6) is -1.49. The van der Waals surface area contributed by atoms with Gasteiger partial charge in [0.2, 0.25) is 0 Å². The standard InChI is InChI=1S/C11H16O4/c1-2-15-11(14)9(7-10(12)13)8-5-3-4-6-8/h7-8H,2-6H2,1H3,(H,12,13)/b9-7-. The van der Waals surface area contributed by atoms with Gasteiger partial charge in [-0.25, -0.2) is 9.59 Å². The lowest BCUT2D eigenvalue weighted by atomic mass is 9.97. The van der Waals surface area contributed by atoms with Crippen LogP contribution in [-0.4, -0.2) is 23.7 Å². The number of carboxylic acid groups (broad SMARTS) is 1. The number of carboxylic acids is 1. The largest absolute Gasteiger partial charge is 0.478 e. The molecule has 0 bridgehead atoms. The average molecular weight is 212 g/mol. The predicted molar refractivity (Wildman–Crippen MR) is 54.3 cm³/mol. The first-order valence-electron chi connectivity index (χ1n) is 5.26. The minimum Gasteiger partial charge on any atom is -0.478 e. The molecule has 1 fully saturated rings. The summed E-state index contributed by atoms with van der Waals surface area (Å²) in [6.07, 6.45) is 4.88. The summed E-state index contributed by atoms with van der Waals surface area (Å²) in [4.78, 5) is 22.1. The summed E-state index contributed by atoms with van der Waals surface area (Å²) in [5, 5.41) is 8.68. The van der Waals surface area contributed by atoms with Crippen LogP contribution in [-0.2, 0) is 14.3 Å². The third kappa shape index (κ3) is 3.38. The first-order valence-corrected chi connectivity index (χ1v) is 5.26. The molecule has 0 heterocycles. The zero-order chi connectivity index (χ0) is 11.3. The van der Waals surface area contributed by atoms with E-state index in [2.05, 4.69) is 0 Å². The highest BCUT2D eigenvalue weighted by atomic mass is 16.5. The minimum absolute atomic E-state index is 0.0696. The smallest absolute Gasteiger partial charge is 0.334 e. The maximum atomic E-state index is 11.5. The third-order valence-electron chi connectivity index (χ3n) is 2.59. The maximum Gasteiger partial charge on any atom is 0.334 e. The molecule has 0 amide bonds. The Morgan fingerprint density at radius 1 is 1.40 bits per heavy atom. The molecule has 0 saturated heterocycles. The van der Waals surface area contributed by atoms with E-state index >= 15 is 0 Å². The lowest BCUT2D eigenvalue weighted by molar-refractivity contribution is -0.140. The Morgan fingerprint density at radius 3 is 2.47 bits per heavy atom. The molecule has 0 aromatic carbocycles. The number of ether oxygens (including phenoxy) is 1. The van der Waals surface area contributed by atoms with Crippen molar-refractivity contribution in [2.75, 3.05) is 6.61 Å². The highest BCUT2D eigenvalue weighted by molar-refractivity contribution is 5.96. The van der Waals surface area contributed by atoms with E-state index in [9.17, 15) is 9.59 Å². The Bertz CT molecular complexity index is 274. The van der Waals surface area contributed by atoms with Crippen LogP contribution in [0.15, 0.2) is 11.6 Å². The van der Waals surface area contributed by atoms with Crippen LogP contribution >= 0.6 is 0 Å². The molecule has 1 rings (SSSR count). The van der Waals surface area contributed by atoms with Crippen molar-refractivity contribution in [3.8, 4) is 0 Å². The van der Waals surface area contributed by atoms with Crippen LogP contribution in [0.5, 0.6) is 0 Å². The lowest BCUT2D eigenvalue weighted by Gasteiger charge is -2.12. The number of rotatable bonds is 4. The highest BCUT2D eigenvalue weighted by Gasteiger charge is 2.26. The second kappa shape index (κ2) is 5.53. The molecule has 0 spiro atoms. The molecular weight excluding hydrogens is 196 g/mol. The summed E-state index contributed by atoms with van der Waals surface area (Å²) >= 11 is 0. The van der Waals surface area contributed by atoms with Gasteiger partial charge in [-0.05, 0) is 25.7 Å². The molecule has 4 nitrogen and oxygen atoms in total. The fourth-order valence-corrected chi connectivity index (χ4v) is 1.93. The van der Waals surface area contributed by atoms with Gasteiger partial charge < -0.3 is 9.84 Å². The molecule has 0 aromatic heterocycles. The van der Waals surface area contributed by atoms with Gasteiger partial charge in [-0.2, -0.15) is 0 Å². The molecule has 0 aromatic rings. The Morgan fingerprint density at radius 2 is 2.00 bits per heavy atom. The molecule has 15 heavy (non-hydrogen) atoms. The van der Waals surface area contributed by atoms with E-state index in [1.54, 1.807) is 6.92 Å². The van der Waals surface area contributed by atoms with Gasteiger partial charge in [0.15, 0.2) is 0 Å². The highest BCUT2D eigenvalue weighted by Crippen LogP contribution is 2.31. The molecule has 4 heteroatoms. The second-order valence-electron chi connectivity index (χ2n) is 3.64. The van der Waals surface area contributed by atoms with Gasteiger partial charge >= 0.3 is 11.9 Å². The van der Waals surface area contributed by atoms with Crippen LogP contribution < -0.4 is 0 Å². The van der Waals surface area contributed by atoms with Crippen molar-refractivity contribution in [2.45, 2.75) is 32.6 Å². The molecule has 0 radical (unpaired) electrons. The zero-order valence-electron chi connectivity index (χ0n) is 8.86. The SMILES string of the molecule is CCOC(=O)/C(=C\C(=O)O)C1CCCC1. The molecule has 0 atom stereocenters. The summed E-state index contributed by atoms with van der Waals surface area (Å²) in [6, 6.07) is 0. The van der Waals surface area contributed by atoms with E-state index in [0.717, 1.165) is 31.8 Å². The first-order chi connectivity index (χ1) is 7.15. The van der Waals surface area contributed by atoms with Gasteiger partial charge in [0, 0.05) is 11.6 Å². The number of carbonyl (C=O) groups is 2. The van der Waals surface area contributed by atoms with E-state index < -0.39 is 11.9 Å². The molecule has 0 unspecified atom stereocenters. The Labute approximate surface area is 88.9 Å². The van der Waals surface area contributed by atoms with Crippen LogP contribution in [0.4, 0.5) is 0 Å². The van der Waals surface area contributed by atoms with Crippen molar-refractivity contribution in [3.05, 3.63) is 11.6 Å². The summed E-state index contributed by atoms with van der Waals surface area (Å²) < 4.78 is 4.85. The van der Waals surface area contributed by atoms with Gasteiger partial charge in [0.25, 0.3) is 0 Å². The van der Waals surface area contributed by atoms with Gasteiger partial charge in [-0.3, -0.25) is 0 Å². The van der Waals surface area contributed by atoms with Crippen LogP contribution in [0.3, 0.4) is 0 Å². The fraction of sp³-hybridized carbons (Fsp3) is 0.636. The molecular formula is C11H16O4. The first kappa shape index (κ1) is 11.8. The average Bonchev–Trinajstić information content (AvgIpc) is 2.66. The topological polar surface area (TPSA) is 63.6 Å². The normalized spacial score (nSPS) is 17.8. The van der Waals surface area contributed by atoms with Crippen molar-refractivity contribution in [1.29, 1.82) is 0 Å². The van der Waals surface area contributed by atoms with Crippen LogP contribution in [0.1, 0.15) is 32.6 Å². The summed E-state index contributed by atoms with van der Waals surface area (Å²) in [7, 11) is 0. The quantitative estimate of drug-likeness (QED) is 0.569. The number of aliphatic carboxylic acids is 1. The van der Waals surface area contributed by atoms with E-state index in [4.69, 9.17) is 9.84 Å². The number of hydrogen-bond acceptors (Lipinski definition) is 3. The monoisotopic (exact) mass is 212 g/mol. The van der Waals surface area contributed by atoms with E-state index in [1.807, 2.05) is 0 Å². The van der Waals surface area contributed by atoms with Crippen LogP contribution in [0.2, 0.25) is 0 Å². The molecule has 1 saturated carbocycles. The molecule has 0 aliphatic heterocycles. The van der Waals surface area contributed by atoms with Crippen molar-refractivity contribution in [3.63, 3.8) is 0 Å². The van der Waals surface area contributed by atoms with Crippen molar-refractivity contribution in [2.24, 2.45) is 5.92 Å². The Hall–Kier alpha value is -1.32. The van der Waals surface area contributed by atoms with Gasteiger partial charge in [0.05, 0.1) is 6.61 Å². The zero-order valence-corrected chi connectivity index (χ0v) is 8.86. The predicted octanol–water partition coefficient (Wildman–Crippen LogP) is 1.75. The Balaban J connectivity index is 2.76. The number of hydrogen-bond donors (Lipinski definition) is 1. The summed E-state index contributed by atoms with van der Waals surface area (Å²) in [6.45, 7) is 1.99. The summed E-state index contributed by atoms with van der Waals surface area (Å²) in [5.41, 5.74) is 0.321. The number of esters is 1. The number of carbonyl (C=O) groups excluding carboxylic acids is 1. The van der Waals surface area contributed by atoms with E-state index in [-0.39, 0.29) is 12.5 Å². The third-order valence-corrected chi connectivity index (χ3v) is 2.59. The lowest BCUT2D eigenvalue weighted by Crippen LogP contribution is -2.15. The fourth-order valence-electron chi connectivity index (χ4n) is 1.93. The van der Waals surface area contributed by atoms with Crippen LogP contribution in [0, 0.1) is 5.92 Å². The maximum absolute atomic E-state index is 11.5. The van der Waals surface area contributed by atoms with E-state index in [0.29, 0.717) is 5.57 Å². The van der Waals surface area contributed by atoms with Crippen molar-refractivity contribution in [1.82, 2.24) is 0 Å². The molecule has 1 aliphatic rings. The molecule has 1 aliphatic carbocycles. The van der Waals surface area contributed by atoms with Crippen molar-refractivity contribution >= 4 is 11.9 Å². The minimum atomic E-state index is -1.08. The van der Waals surface area contributed by atoms with Crippen LogP contribution in [0.25, 0.3) is 0 Å². The second-order valence-corrected chi connectivity index (χ2v) is 3.64. The van der Waals surface area contributed by atoms with Crippen molar-refractivity contribution < 1.29 is 19.4 Å². The van der Waals surface area contributed by atoms with Gasteiger partial charge in [0.1, 0.15) is 0 Å².